The van der Waals surface area contributed by atoms with Crippen LogP contribution in [0.1, 0.15) is 6.92 Å². The molecule has 0 spiro atoms. The number of hydrogen-bond acceptors (Lipinski definition) is 5. The van der Waals surface area contributed by atoms with Crippen LogP contribution in [0.4, 0.5) is 11.8 Å². The Balaban J connectivity index is 2.07. The standard InChI is InChI=1S/C10H14BrN5O/c1-7(17)15-2-4-16(5-3-15)10-13-8(11)6-9(12)14-10/h6H,2-5H2,1H3,(H2,12,13,14). The molecule has 1 aromatic heterocycles. The third-order valence-corrected chi connectivity index (χ3v) is 3.12. The molecule has 0 atom stereocenters. The van der Waals surface area contributed by atoms with Gasteiger partial charge in [-0.25, -0.2) is 4.98 Å². The van der Waals surface area contributed by atoms with Crippen molar-refractivity contribution in [2.75, 3.05) is 36.8 Å². The average molecular weight is 300 g/mol. The van der Waals surface area contributed by atoms with E-state index in [9.17, 15) is 4.79 Å². The van der Waals surface area contributed by atoms with Crippen LogP contribution in [0.2, 0.25) is 0 Å². The van der Waals surface area contributed by atoms with Crippen molar-refractivity contribution >= 4 is 33.6 Å². The van der Waals surface area contributed by atoms with E-state index in [2.05, 4.69) is 25.9 Å². The summed E-state index contributed by atoms with van der Waals surface area (Å²) in [6.07, 6.45) is 0. The van der Waals surface area contributed by atoms with Crippen molar-refractivity contribution in [1.29, 1.82) is 0 Å². The molecule has 0 aromatic carbocycles. The first kappa shape index (κ1) is 12.1. The van der Waals surface area contributed by atoms with E-state index >= 15 is 0 Å². The third-order valence-electron chi connectivity index (χ3n) is 2.71. The van der Waals surface area contributed by atoms with E-state index in [1.54, 1.807) is 13.0 Å². The maximum absolute atomic E-state index is 11.2. The maximum Gasteiger partial charge on any atom is 0.228 e. The fourth-order valence-electron chi connectivity index (χ4n) is 1.79. The molecular formula is C10H14BrN5O. The summed E-state index contributed by atoms with van der Waals surface area (Å²) in [5.74, 6) is 1.16. The fourth-order valence-corrected chi connectivity index (χ4v) is 2.18. The van der Waals surface area contributed by atoms with Crippen LogP contribution in [0.15, 0.2) is 10.7 Å². The molecule has 2 heterocycles. The van der Waals surface area contributed by atoms with Gasteiger partial charge in [-0.3, -0.25) is 4.79 Å². The average Bonchev–Trinajstić information content (AvgIpc) is 2.28. The summed E-state index contributed by atoms with van der Waals surface area (Å²) in [5.41, 5.74) is 5.67. The Morgan fingerprint density at radius 2 is 2.00 bits per heavy atom. The Morgan fingerprint density at radius 1 is 1.35 bits per heavy atom. The summed E-state index contributed by atoms with van der Waals surface area (Å²) in [6, 6.07) is 1.66. The number of nitrogens with two attached hydrogens (primary N) is 1. The predicted molar refractivity (Wildman–Crippen MR) is 68.6 cm³/mol. The topological polar surface area (TPSA) is 75.4 Å². The van der Waals surface area contributed by atoms with E-state index in [0.29, 0.717) is 29.5 Å². The molecule has 7 heteroatoms. The number of carbonyl (C=O) groups is 1. The molecule has 1 aliphatic rings. The normalized spacial score (nSPS) is 16.1. The van der Waals surface area contributed by atoms with E-state index in [1.807, 2.05) is 9.80 Å². The van der Waals surface area contributed by atoms with E-state index in [0.717, 1.165) is 13.1 Å². The summed E-state index contributed by atoms with van der Waals surface area (Å²) in [5, 5.41) is 0. The highest BCUT2D eigenvalue weighted by atomic mass is 79.9. The Labute approximate surface area is 108 Å². The number of rotatable bonds is 1. The van der Waals surface area contributed by atoms with E-state index in [-0.39, 0.29) is 5.91 Å². The maximum atomic E-state index is 11.2. The van der Waals surface area contributed by atoms with Gasteiger partial charge in [-0.05, 0) is 15.9 Å². The first-order valence-corrected chi connectivity index (χ1v) is 6.16. The minimum Gasteiger partial charge on any atom is -0.383 e. The molecule has 1 amide bonds. The number of anilines is 2. The molecule has 0 aliphatic carbocycles. The number of hydrogen-bond donors (Lipinski definition) is 1. The van der Waals surface area contributed by atoms with Crippen LogP contribution in [0, 0.1) is 0 Å². The smallest absolute Gasteiger partial charge is 0.228 e. The third kappa shape index (κ3) is 2.85. The Morgan fingerprint density at radius 3 is 2.53 bits per heavy atom. The van der Waals surface area contributed by atoms with Gasteiger partial charge < -0.3 is 15.5 Å². The van der Waals surface area contributed by atoms with Crippen molar-refractivity contribution < 1.29 is 4.79 Å². The summed E-state index contributed by atoms with van der Waals surface area (Å²) in [4.78, 5) is 23.5. The number of halogens is 1. The number of amides is 1. The lowest BCUT2D eigenvalue weighted by atomic mass is 10.3. The first-order valence-electron chi connectivity index (χ1n) is 5.37. The lowest BCUT2D eigenvalue weighted by molar-refractivity contribution is -0.129. The summed E-state index contributed by atoms with van der Waals surface area (Å²) < 4.78 is 0.675. The zero-order valence-electron chi connectivity index (χ0n) is 9.56. The molecule has 6 nitrogen and oxygen atoms in total. The zero-order chi connectivity index (χ0) is 12.4. The van der Waals surface area contributed by atoms with Crippen molar-refractivity contribution in [3.63, 3.8) is 0 Å². The van der Waals surface area contributed by atoms with Gasteiger partial charge >= 0.3 is 0 Å². The van der Waals surface area contributed by atoms with Crippen molar-refractivity contribution in [2.24, 2.45) is 0 Å². The van der Waals surface area contributed by atoms with Gasteiger partial charge in [-0.1, -0.05) is 0 Å². The van der Waals surface area contributed by atoms with Gasteiger partial charge in [0, 0.05) is 39.2 Å². The van der Waals surface area contributed by atoms with Crippen LogP contribution < -0.4 is 10.6 Å². The quantitative estimate of drug-likeness (QED) is 0.764. The molecule has 17 heavy (non-hydrogen) atoms. The van der Waals surface area contributed by atoms with Gasteiger partial charge in [-0.2, -0.15) is 4.98 Å². The second-order valence-electron chi connectivity index (χ2n) is 3.91. The van der Waals surface area contributed by atoms with Crippen molar-refractivity contribution in [2.45, 2.75) is 6.92 Å². The second kappa shape index (κ2) is 4.87. The number of nitrogens with zero attached hydrogens (tertiary/aromatic N) is 4. The number of nitrogen functional groups attached to an aromatic ring is 1. The van der Waals surface area contributed by atoms with E-state index < -0.39 is 0 Å². The molecule has 2 rings (SSSR count). The Kier molecular flexibility index (Phi) is 3.46. The van der Waals surface area contributed by atoms with Crippen molar-refractivity contribution in [3.05, 3.63) is 10.7 Å². The molecule has 0 bridgehead atoms. The molecular weight excluding hydrogens is 286 g/mol. The van der Waals surface area contributed by atoms with Gasteiger partial charge in [-0.15, -0.1) is 0 Å². The first-order chi connectivity index (χ1) is 8.06. The highest BCUT2D eigenvalue weighted by molar-refractivity contribution is 9.10. The minimum absolute atomic E-state index is 0.110. The van der Waals surface area contributed by atoms with Crippen LogP contribution in [-0.4, -0.2) is 47.0 Å². The SMILES string of the molecule is CC(=O)N1CCN(c2nc(N)cc(Br)n2)CC1. The number of carbonyl (C=O) groups excluding carboxylic acids is 1. The van der Waals surface area contributed by atoms with Crippen LogP contribution in [-0.2, 0) is 4.79 Å². The van der Waals surface area contributed by atoms with Gasteiger partial charge in [0.05, 0.1) is 0 Å². The van der Waals surface area contributed by atoms with Gasteiger partial charge in [0.2, 0.25) is 11.9 Å². The molecule has 92 valence electrons. The van der Waals surface area contributed by atoms with Gasteiger partial charge in [0.25, 0.3) is 0 Å². The Hall–Kier alpha value is -1.37. The van der Waals surface area contributed by atoms with E-state index in [4.69, 9.17) is 5.73 Å². The molecule has 1 fully saturated rings. The summed E-state index contributed by atoms with van der Waals surface area (Å²) >= 11 is 3.29. The fraction of sp³-hybridized carbons (Fsp3) is 0.500. The van der Waals surface area contributed by atoms with Crippen molar-refractivity contribution in [3.8, 4) is 0 Å². The molecule has 2 N–H and O–H groups in total. The monoisotopic (exact) mass is 299 g/mol. The molecule has 0 unspecified atom stereocenters. The highest BCUT2D eigenvalue weighted by Gasteiger charge is 2.20. The largest absolute Gasteiger partial charge is 0.383 e. The van der Waals surface area contributed by atoms with E-state index in [1.165, 1.54) is 0 Å². The predicted octanol–water partition coefficient (Wildman–Crippen LogP) is 0.490. The van der Waals surface area contributed by atoms with Crippen LogP contribution in [0.3, 0.4) is 0 Å². The highest BCUT2D eigenvalue weighted by Crippen LogP contribution is 2.17. The molecule has 1 aromatic rings. The lowest BCUT2D eigenvalue weighted by Crippen LogP contribution is -2.48. The minimum atomic E-state index is 0.110. The number of piperazine rings is 1. The molecule has 1 aliphatic heterocycles. The van der Waals surface area contributed by atoms with Gasteiger partial charge in [0.1, 0.15) is 10.4 Å². The van der Waals surface area contributed by atoms with Crippen LogP contribution in [0.25, 0.3) is 0 Å². The number of aromatic nitrogens is 2. The summed E-state index contributed by atoms with van der Waals surface area (Å²) in [7, 11) is 0. The van der Waals surface area contributed by atoms with Gasteiger partial charge in [0.15, 0.2) is 0 Å². The lowest BCUT2D eigenvalue weighted by Gasteiger charge is -2.34. The second-order valence-corrected chi connectivity index (χ2v) is 4.72. The zero-order valence-corrected chi connectivity index (χ0v) is 11.1. The molecule has 0 radical (unpaired) electrons. The molecule has 0 saturated carbocycles. The van der Waals surface area contributed by atoms with Crippen LogP contribution >= 0.6 is 15.9 Å². The van der Waals surface area contributed by atoms with Crippen LogP contribution in [0.5, 0.6) is 0 Å². The molecule has 1 saturated heterocycles. The summed E-state index contributed by atoms with van der Waals surface area (Å²) in [6.45, 7) is 4.45. The van der Waals surface area contributed by atoms with Crippen molar-refractivity contribution in [1.82, 2.24) is 14.9 Å². The Bertz CT molecular complexity index is 410.